The van der Waals surface area contributed by atoms with Crippen molar-refractivity contribution in [2.24, 2.45) is 0 Å². The number of oxazole rings is 1. The number of furan rings is 1. The van der Waals surface area contributed by atoms with Crippen LogP contribution in [0.5, 0.6) is 0 Å². The van der Waals surface area contributed by atoms with Gasteiger partial charge in [-0.1, -0.05) is 12.1 Å². The van der Waals surface area contributed by atoms with Gasteiger partial charge in [0, 0.05) is 40.2 Å². The van der Waals surface area contributed by atoms with Gasteiger partial charge in [0.1, 0.15) is 11.3 Å². The van der Waals surface area contributed by atoms with Crippen LogP contribution in [0.15, 0.2) is 86.4 Å². The van der Waals surface area contributed by atoms with E-state index in [9.17, 15) is 14.9 Å². The maximum Gasteiger partial charge on any atom is 0.291 e. The summed E-state index contributed by atoms with van der Waals surface area (Å²) < 4.78 is 12.2. The third-order valence-electron chi connectivity index (χ3n) is 4.77. The van der Waals surface area contributed by atoms with Crippen LogP contribution in [-0.4, -0.2) is 20.8 Å². The predicted octanol–water partition coefficient (Wildman–Crippen LogP) is 6.07. The molecule has 3 aromatic heterocycles. The standard InChI is InChI=1S/C23H13BrN4O5/c24-15-8-14(11-25-12-15)23-27-18-10-16(4-5-20(18)33-23)26-22(29)21-7-6-19(32-21)13-2-1-3-17(9-13)28(30)31/h1-12H,(H,26,29). The van der Waals surface area contributed by atoms with E-state index < -0.39 is 10.8 Å². The van der Waals surface area contributed by atoms with Gasteiger partial charge in [-0.15, -0.1) is 0 Å². The quantitative estimate of drug-likeness (QED) is 0.227. The highest BCUT2D eigenvalue weighted by Crippen LogP contribution is 2.29. The summed E-state index contributed by atoms with van der Waals surface area (Å²) in [6, 6.07) is 16.0. The van der Waals surface area contributed by atoms with E-state index in [1.54, 1.807) is 48.8 Å². The molecule has 0 aliphatic carbocycles. The molecule has 0 unspecified atom stereocenters. The molecular formula is C23H13BrN4O5. The van der Waals surface area contributed by atoms with E-state index in [2.05, 4.69) is 31.2 Å². The number of halogens is 1. The fraction of sp³-hybridized carbons (Fsp3) is 0. The lowest BCUT2D eigenvalue weighted by Crippen LogP contribution is -2.10. The Labute approximate surface area is 194 Å². The minimum absolute atomic E-state index is 0.0613. The molecule has 0 aliphatic heterocycles. The van der Waals surface area contributed by atoms with Crippen molar-refractivity contribution in [3.05, 3.63) is 93.4 Å². The summed E-state index contributed by atoms with van der Waals surface area (Å²) in [6.45, 7) is 0. The zero-order valence-corrected chi connectivity index (χ0v) is 18.3. The van der Waals surface area contributed by atoms with E-state index in [1.807, 2.05) is 6.07 Å². The first-order chi connectivity index (χ1) is 16.0. The highest BCUT2D eigenvalue weighted by molar-refractivity contribution is 9.10. The van der Waals surface area contributed by atoms with Crippen LogP contribution in [0.25, 0.3) is 33.9 Å². The lowest BCUT2D eigenvalue weighted by molar-refractivity contribution is -0.384. The Morgan fingerprint density at radius 3 is 2.70 bits per heavy atom. The molecule has 162 valence electrons. The molecule has 0 saturated heterocycles. The van der Waals surface area contributed by atoms with E-state index in [0.29, 0.717) is 34.0 Å². The zero-order chi connectivity index (χ0) is 22.9. The van der Waals surface area contributed by atoms with E-state index in [-0.39, 0.29) is 11.4 Å². The molecule has 0 saturated carbocycles. The van der Waals surface area contributed by atoms with Gasteiger partial charge in [0.2, 0.25) is 5.89 Å². The van der Waals surface area contributed by atoms with Crippen LogP contribution in [0.4, 0.5) is 11.4 Å². The number of nitrogens with zero attached hydrogens (tertiary/aromatic N) is 3. The first-order valence-corrected chi connectivity index (χ1v) is 10.4. The van der Waals surface area contributed by atoms with Gasteiger partial charge in [0.05, 0.1) is 10.5 Å². The van der Waals surface area contributed by atoms with Crippen LogP contribution >= 0.6 is 15.9 Å². The summed E-state index contributed by atoms with van der Waals surface area (Å²) in [5.41, 5.74) is 2.80. The van der Waals surface area contributed by atoms with Crippen LogP contribution < -0.4 is 5.32 Å². The number of nitro groups is 1. The Morgan fingerprint density at radius 2 is 1.88 bits per heavy atom. The van der Waals surface area contributed by atoms with Crippen molar-refractivity contribution in [3.8, 4) is 22.8 Å². The molecule has 1 N–H and O–H groups in total. The normalized spacial score (nSPS) is 10.9. The van der Waals surface area contributed by atoms with Crippen molar-refractivity contribution in [2.75, 3.05) is 5.32 Å². The summed E-state index contributed by atoms with van der Waals surface area (Å²) in [7, 11) is 0. The van der Waals surface area contributed by atoms with Crippen LogP contribution in [0.1, 0.15) is 10.6 Å². The van der Waals surface area contributed by atoms with Gasteiger partial charge in [0.25, 0.3) is 11.6 Å². The minimum atomic E-state index is -0.487. The van der Waals surface area contributed by atoms with Gasteiger partial charge in [0.15, 0.2) is 11.3 Å². The predicted molar refractivity (Wildman–Crippen MR) is 124 cm³/mol. The second-order valence-electron chi connectivity index (χ2n) is 7.02. The number of hydrogen-bond acceptors (Lipinski definition) is 7. The third-order valence-corrected chi connectivity index (χ3v) is 5.20. The number of carbonyl (C=O) groups excluding carboxylic acids is 1. The lowest BCUT2D eigenvalue weighted by Gasteiger charge is -2.02. The summed E-state index contributed by atoms with van der Waals surface area (Å²) in [5.74, 6) is 0.363. The van der Waals surface area contributed by atoms with Crippen molar-refractivity contribution in [1.29, 1.82) is 0 Å². The van der Waals surface area contributed by atoms with Crippen molar-refractivity contribution in [2.45, 2.75) is 0 Å². The summed E-state index contributed by atoms with van der Waals surface area (Å²) >= 11 is 3.37. The molecule has 0 bridgehead atoms. The van der Waals surface area contributed by atoms with Crippen LogP contribution in [0.2, 0.25) is 0 Å². The number of rotatable bonds is 5. The Hall–Kier alpha value is -4.31. The number of carbonyl (C=O) groups is 1. The van der Waals surface area contributed by atoms with Gasteiger partial charge in [-0.05, 0) is 52.3 Å². The molecule has 5 aromatic rings. The second-order valence-corrected chi connectivity index (χ2v) is 7.93. The second kappa shape index (κ2) is 8.32. The smallest absolute Gasteiger partial charge is 0.291 e. The number of nitro benzene ring substituents is 1. The Balaban J connectivity index is 1.36. The zero-order valence-electron chi connectivity index (χ0n) is 16.7. The van der Waals surface area contributed by atoms with E-state index in [1.165, 1.54) is 18.2 Å². The van der Waals surface area contributed by atoms with Gasteiger partial charge >= 0.3 is 0 Å². The lowest BCUT2D eigenvalue weighted by atomic mass is 10.1. The first-order valence-electron chi connectivity index (χ1n) is 9.64. The van der Waals surface area contributed by atoms with Gasteiger partial charge in [-0.2, -0.15) is 0 Å². The molecule has 1 amide bonds. The van der Waals surface area contributed by atoms with Crippen LogP contribution in [0.3, 0.4) is 0 Å². The summed E-state index contributed by atoms with van der Waals surface area (Å²) in [6.07, 6.45) is 3.31. The molecule has 0 radical (unpaired) electrons. The molecule has 2 aromatic carbocycles. The minimum Gasteiger partial charge on any atom is -0.451 e. The SMILES string of the molecule is O=C(Nc1ccc2oc(-c3cncc(Br)c3)nc2c1)c1ccc(-c2cccc([N+](=O)[O-])c2)o1. The number of non-ortho nitro benzene ring substituents is 1. The van der Waals surface area contributed by atoms with Gasteiger partial charge in [-0.25, -0.2) is 4.98 Å². The van der Waals surface area contributed by atoms with E-state index in [0.717, 1.165) is 10.0 Å². The average molecular weight is 505 g/mol. The van der Waals surface area contributed by atoms with Crippen molar-refractivity contribution >= 4 is 44.3 Å². The number of pyridine rings is 1. The molecular weight excluding hydrogens is 492 g/mol. The number of anilines is 1. The number of hydrogen-bond donors (Lipinski definition) is 1. The van der Waals surface area contributed by atoms with Gasteiger partial charge in [-0.3, -0.25) is 19.9 Å². The molecule has 0 aliphatic rings. The van der Waals surface area contributed by atoms with Crippen LogP contribution in [0, 0.1) is 10.1 Å². The number of benzene rings is 2. The number of amides is 1. The average Bonchev–Trinajstić information content (AvgIpc) is 3.46. The van der Waals surface area contributed by atoms with Crippen LogP contribution in [-0.2, 0) is 0 Å². The summed E-state index contributed by atoms with van der Waals surface area (Å²) in [5, 5.41) is 13.7. The third kappa shape index (κ3) is 4.23. The molecule has 33 heavy (non-hydrogen) atoms. The number of nitrogens with one attached hydrogen (secondary N) is 1. The molecule has 9 nitrogen and oxygen atoms in total. The molecule has 5 rings (SSSR count). The molecule has 3 heterocycles. The van der Waals surface area contributed by atoms with Gasteiger partial charge < -0.3 is 14.2 Å². The fourth-order valence-corrected chi connectivity index (χ4v) is 3.60. The maximum atomic E-state index is 12.7. The topological polar surface area (TPSA) is 124 Å². The first kappa shape index (κ1) is 20.6. The Morgan fingerprint density at radius 1 is 1.00 bits per heavy atom. The molecule has 10 heteroatoms. The monoisotopic (exact) mass is 504 g/mol. The Kier molecular flexibility index (Phi) is 5.19. The maximum absolute atomic E-state index is 12.7. The highest BCUT2D eigenvalue weighted by atomic mass is 79.9. The molecule has 0 fully saturated rings. The van der Waals surface area contributed by atoms with Crippen molar-refractivity contribution in [1.82, 2.24) is 9.97 Å². The van der Waals surface area contributed by atoms with Crippen molar-refractivity contribution in [3.63, 3.8) is 0 Å². The largest absolute Gasteiger partial charge is 0.451 e. The molecule has 0 spiro atoms. The Bertz CT molecular complexity index is 1520. The van der Waals surface area contributed by atoms with E-state index in [4.69, 9.17) is 8.83 Å². The molecule has 0 atom stereocenters. The summed E-state index contributed by atoms with van der Waals surface area (Å²) in [4.78, 5) is 31.7. The van der Waals surface area contributed by atoms with E-state index >= 15 is 0 Å². The highest BCUT2D eigenvalue weighted by Gasteiger charge is 2.16. The fourth-order valence-electron chi connectivity index (χ4n) is 3.24. The number of aromatic nitrogens is 2. The number of fused-ring (bicyclic) bond motifs is 1. The van der Waals surface area contributed by atoms with Crippen molar-refractivity contribution < 1.29 is 18.6 Å².